The van der Waals surface area contributed by atoms with Gasteiger partial charge in [-0.15, -0.1) is 0 Å². The van der Waals surface area contributed by atoms with Gasteiger partial charge in [-0.1, -0.05) is 6.92 Å². The molecule has 0 bridgehead atoms. The highest BCUT2D eigenvalue weighted by atomic mass is 16.4. The summed E-state index contributed by atoms with van der Waals surface area (Å²) >= 11 is 0. The highest BCUT2D eigenvalue weighted by Gasteiger charge is 2.07. The number of hydrogen-bond donors (Lipinski definition) is 3. The number of hydrogen-bond acceptors (Lipinski definition) is 4. The van der Waals surface area contributed by atoms with Gasteiger partial charge in [0, 0.05) is 24.7 Å². The van der Waals surface area contributed by atoms with Gasteiger partial charge in [-0.3, -0.25) is 14.6 Å². The molecule has 6 heteroatoms. The lowest BCUT2D eigenvalue weighted by Crippen LogP contribution is -2.30. The Hall–Kier alpha value is -2.37. The molecule has 0 saturated heterocycles. The first kappa shape index (κ1) is 15.7. The molecule has 0 atom stereocenters. The topological polar surface area (TPSA) is 90.8 Å². The Morgan fingerprint density at radius 3 is 2.40 bits per heavy atom. The fraction of sp³-hybridized carbons (Fsp3) is 0.357. The van der Waals surface area contributed by atoms with Crippen LogP contribution in [0.25, 0.3) is 0 Å². The number of nitrogens with one attached hydrogen (secondary N) is 2. The predicted octanol–water partition coefficient (Wildman–Crippen LogP) is 1.48. The van der Waals surface area contributed by atoms with Crippen LogP contribution in [0.3, 0.4) is 0 Å². The summed E-state index contributed by atoms with van der Waals surface area (Å²) in [6.07, 6.45) is 1.23. The molecule has 1 aromatic rings. The first-order valence-corrected chi connectivity index (χ1v) is 6.39. The molecule has 0 unspecified atom stereocenters. The Morgan fingerprint density at radius 1 is 1.25 bits per heavy atom. The number of carbonyl (C=O) groups excluding carboxylic acids is 1. The van der Waals surface area contributed by atoms with Gasteiger partial charge >= 0.3 is 5.97 Å². The third-order valence-electron chi connectivity index (χ3n) is 2.56. The van der Waals surface area contributed by atoms with Crippen molar-refractivity contribution in [2.75, 3.05) is 18.9 Å². The highest BCUT2D eigenvalue weighted by molar-refractivity contribution is 6.08. The molecule has 1 rings (SSSR count). The van der Waals surface area contributed by atoms with E-state index in [0.717, 1.165) is 12.0 Å². The van der Waals surface area contributed by atoms with Crippen LogP contribution >= 0.6 is 0 Å². The van der Waals surface area contributed by atoms with Crippen molar-refractivity contribution in [1.82, 2.24) is 5.32 Å². The second-order valence-electron chi connectivity index (χ2n) is 4.20. The normalized spacial score (nSPS) is 11.0. The summed E-state index contributed by atoms with van der Waals surface area (Å²) in [5.74, 6) is -0.480. The molecule has 0 aliphatic rings. The molecular weight excluding hydrogens is 258 g/mol. The average Bonchev–Trinajstić information content (AvgIpc) is 2.43. The first-order valence-electron chi connectivity index (χ1n) is 6.39. The average molecular weight is 277 g/mol. The van der Waals surface area contributed by atoms with Gasteiger partial charge in [-0.05, 0) is 30.7 Å². The largest absolute Gasteiger partial charge is 0.480 e. The van der Waals surface area contributed by atoms with Gasteiger partial charge < -0.3 is 15.7 Å². The van der Waals surface area contributed by atoms with Crippen LogP contribution in [0, 0.1) is 0 Å². The monoisotopic (exact) mass is 277 g/mol. The highest BCUT2D eigenvalue weighted by Crippen LogP contribution is 2.09. The first-order chi connectivity index (χ1) is 9.56. The number of carbonyl (C=O) groups is 2. The lowest BCUT2D eigenvalue weighted by molar-refractivity contribution is -0.135. The molecule has 6 nitrogen and oxygen atoms in total. The van der Waals surface area contributed by atoms with Gasteiger partial charge in [-0.25, -0.2) is 0 Å². The number of carboxylic acids is 1. The number of benzene rings is 1. The van der Waals surface area contributed by atoms with E-state index in [9.17, 15) is 9.59 Å². The Bertz CT molecular complexity index is 495. The van der Waals surface area contributed by atoms with Gasteiger partial charge in [0.15, 0.2) is 0 Å². The maximum absolute atomic E-state index is 11.6. The molecule has 0 heterocycles. The third kappa shape index (κ3) is 5.09. The molecule has 0 aromatic heterocycles. The van der Waals surface area contributed by atoms with E-state index in [1.54, 1.807) is 31.3 Å². The van der Waals surface area contributed by atoms with E-state index >= 15 is 0 Å². The van der Waals surface area contributed by atoms with Crippen molar-refractivity contribution in [3.8, 4) is 0 Å². The molecule has 1 aromatic carbocycles. The number of anilines is 1. The smallest absolute Gasteiger partial charge is 0.322 e. The maximum Gasteiger partial charge on any atom is 0.322 e. The van der Waals surface area contributed by atoms with Crippen molar-refractivity contribution in [3.05, 3.63) is 29.8 Å². The molecule has 0 saturated carbocycles. The minimum atomic E-state index is -0.920. The predicted molar refractivity (Wildman–Crippen MR) is 78.1 cm³/mol. The van der Waals surface area contributed by atoms with Crippen molar-refractivity contribution in [2.45, 2.75) is 19.8 Å². The molecule has 108 valence electrons. The molecule has 20 heavy (non-hydrogen) atoms. The number of rotatable bonds is 6. The van der Waals surface area contributed by atoms with Crippen molar-refractivity contribution >= 4 is 23.4 Å². The Balaban J connectivity index is 2.70. The number of carboxylic acid groups (broad SMARTS) is 1. The second-order valence-corrected chi connectivity index (χ2v) is 4.20. The summed E-state index contributed by atoms with van der Waals surface area (Å²) in [6, 6.07) is 7.04. The van der Waals surface area contributed by atoms with Crippen LogP contribution in [-0.4, -0.2) is 36.4 Å². The number of amides is 1. The summed E-state index contributed by atoms with van der Waals surface area (Å²) < 4.78 is 0. The van der Waals surface area contributed by atoms with E-state index in [-0.39, 0.29) is 12.5 Å². The summed E-state index contributed by atoms with van der Waals surface area (Å²) in [5.41, 5.74) is 1.48. The fourth-order valence-corrected chi connectivity index (χ4v) is 1.60. The van der Waals surface area contributed by atoms with Crippen LogP contribution in [-0.2, 0) is 9.59 Å². The Morgan fingerprint density at radius 2 is 1.90 bits per heavy atom. The quantitative estimate of drug-likeness (QED) is 0.542. The number of aliphatic carboxylic acids is 1. The molecule has 0 spiro atoms. The zero-order valence-electron chi connectivity index (χ0n) is 11.6. The summed E-state index contributed by atoms with van der Waals surface area (Å²) in [4.78, 5) is 26.1. The van der Waals surface area contributed by atoms with Crippen LogP contribution in [0.4, 0.5) is 5.69 Å². The van der Waals surface area contributed by atoms with E-state index in [2.05, 4.69) is 15.6 Å². The van der Waals surface area contributed by atoms with Crippen LogP contribution in [0.2, 0.25) is 0 Å². The Kier molecular flexibility index (Phi) is 6.22. The second kappa shape index (κ2) is 7.93. The minimum absolute atomic E-state index is 0.0684. The zero-order chi connectivity index (χ0) is 15.0. The van der Waals surface area contributed by atoms with E-state index in [1.807, 2.05) is 6.92 Å². The van der Waals surface area contributed by atoms with Crippen molar-refractivity contribution < 1.29 is 14.7 Å². The van der Waals surface area contributed by atoms with E-state index < -0.39 is 5.97 Å². The summed E-state index contributed by atoms with van der Waals surface area (Å²) in [7, 11) is 1.61. The lowest BCUT2D eigenvalue weighted by Gasteiger charge is -2.09. The van der Waals surface area contributed by atoms with E-state index in [4.69, 9.17) is 5.11 Å². The van der Waals surface area contributed by atoms with Gasteiger partial charge in [0.05, 0.1) is 0 Å². The summed E-state index contributed by atoms with van der Waals surface area (Å²) in [5, 5.41) is 14.1. The van der Waals surface area contributed by atoms with Gasteiger partial charge in [0.2, 0.25) is 5.91 Å². The third-order valence-corrected chi connectivity index (χ3v) is 2.56. The number of nitrogens with zero attached hydrogens (tertiary/aromatic N) is 1. The molecule has 3 N–H and O–H groups in total. The number of aliphatic imine (C=N–C) groups is 1. The van der Waals surface area contributed by atoms with Crippen LogP contribution in [0.15, 0.2) is 29.3 Å². The van der Waals surface area contributed by atoms with Gasteiger partial charge in [-0.2, -0.15) is 0 Å². The maximum atomic E-state index is 11.6. The van der Waals surface area contributed by atoms with Crippen LogP contribution in [0.1, 0.15) is 25.3 Å². The fourth-order valence-electron chi connectivity index (χ4n) is 1.60. The van der Waals surface area contributed by atoms with Gasteiger partial charge in [0.25, 0.3) is 0 Å². The minimum Gasteiger partial charge on any atom is -0.480 e. The number of amidine groups is 1. The molecule has 1 amide bonds. The van der Waals surface area contributed by atoms with Crippen LogP contribution in [0.5, 0.6) is 0 Å². The molecular formula is C14H19N3O3. The Labute approximate surface area is 117 Å². The van der Waals surface area contributed by atoms with Crippen LogP contribution < -0.4 is 10.6 Å². The summed E-state index contributed by atoms with van der Waals surface area (Å²) in [6.45, 7) is 1.80. The SMILES string of the molecule is CCCC(=O)NC(=NC)c1ccc(NCC(=O)O)cc1. The zero-order valence-corrected chi connectivity index (χ0v) is 11.6. The van der Waals surface area contributed by atoms with Gasteiger partial charge in [0.1, 0.15) is 12.4 Å². The molecule has 0 radical (unpaired) electrons. The molecule has 0 fully saturated rings. The van der Waals surface area contributed by atoms with Crippen molar-refractivity contribution in [1.29, 1.82) is 0 Å². The van der Waals surface area contributed by atoms with Crippen molar-refractivity contribution in [2.24, 2.45) is 4.99 Å². The van der Waals surface area contributed by atoms with E-state index in [1.165, 1.54) is 0 Å². The molecule has 0 aliphatic carbocycles. The van der Waals surface area contributed by atoms with E-state index in [0.29, 0.717) is 17.9 Å². The lowest BCUT2D eigenvalue weighted by atomic mass is 10.1. The molecule has 0 aliphatic heterocycles. The standard InChI is InChI=1S/C14H19N3O3/c1-3-4-12(18)17-14(15-2)10-5-7-11(8-6-10)16-9-13(19)20/h5-8,16H,3-4,9H2,1-2H3,(H,19,20)(H,15,17,18). The van der Waals surface area contributed by atoms with Crippen molar-refractivity contribution in [3.63, 3.8) is 0 Å².